The van der Waals surface area contributed by atoms with Crippen molar-refractivity contribution in [2.45, 2.75) is 4.90 Å². The molecule has 0 aromatic heterocycles. The predicted molar refractivity (Wildman–Crippen MR) is 53.3 cm³/mol. The summed E-state index contributed by atoms with van der Waals surface area (Å²) < 4.78 is 22.5. The van der Waals surface area contributed by atoms with Crippen LogP contribution in [-0.4, -0.2) is 8.42 Å². The molecule has 0 spiro atoms. The van der Waals surface area contributed by atoms with Gasteiger partial charge in [-0.3, -0.25) is 4.84 Å². The lowest BCUT2D eigenvalue weighted by atomic mass is 10.3. The molecule has 0 fully saturated rings. The molecule has 0 bridgehead atoms. The summed E-state index contributed by atoms with van der Waals surface area (Å²) in [6.07, 6.45) is 0. The van der Waals surface area contributed by atoms with Gasteiger partial charge in [0, 0.05) is 22.9 Å². The Kier molecular flexibility index (Phi) is 2.95. The Morgan fingerprint density at radius 3 is 2.23 bits per heavy atom. The molecular formula is C8H8ClNO2S. The summed E-state index contributed by atoms with van der Waals surface area (Å²) >= 11 is 5.31. The van der Waals surface area contributed by atoms with E-state index in [1.807, 2.05) is 0 Å². The summed E-state index contributed by atoms with van der Waals surface area (Å²) in [5.74, 6) is 0. The minimum Gasteiger partial charge on any atom is -0.299 e. The highest BCUT2D eigenvalue weighted by molar-refractivity contribution is 7.94. The van der Waals surface area contributed by atoms with Crippen LogP contribution >= 0.6 is 11.8 Å². The molecule has 0 aliphatic rings. The van der Waals surface area contributed by atoms with Crippen LogP contribution in [0.4, 0.5) is 5.69 Å². The van der Waals surface area contributed by atoms with E-state index in [1.54, 1.807) is 12.1 Å². The molecule has 0 saturated carbocycles. The van der Waals surface area contributed by atoms with Gasteiger partial charge in [0.05, 0.1) is 4.90 Å². The van der Waals surface area contributed by atoms with Crippen molar-refractivity contribution in [2.24, 2.45) is 0 Å². The van der Waals surface area contributed by atoms with Crippen molar-refractivity contribution >= 4 is 27.3 Å². The summed E-state index contributed by atoms with van der Waals surface area (Å²) in [4.78, 5) is 2.58. The summed E-state index contributed by atoms with van der Waals surface area (Å²) in [5, 5.41) is 0.913. The number of hydrogen-bond donors (Lipinski definition) is 1. The van der Waals surface area contributed by atoms with E-state index in [0.29, 0.717) is 5.69 Å². The van der Waals surface area contributed by atoms with Gasteiger partial charge in [-0.15, -0.1) is 0 Å². The molecule has 13 heavy (non-hydrogen) atoms. The maximum Gasteiger partial charge on any atom is 0.199 e. The molecule has 5 heteroatoms. The zero-order valence-corrected chi connectivity index (χ0v) is 8.27. The maximum atomic E-state index is 11.2. The van der Waals surface area contributed by atoms with Gasteiger partial charge in [0.15, 0.2) is 9.84 Å². The van der Waals surface area contributed by atoms with E-state index in [1.165, 1.54) is 12.1 Å². The fourth-order valence-corrected chi connectivity index (χ4v) is 1.64. The quantitative estimate of drug-likeness (QED) is 0.790. The van der Waals surface area contributed by atoms with Crippen molar-refractivity contribution in [3.63, 3.8) is 0 Å². The van der Waals surface area contributed by atoms with Crippen molar-refractivity contribution < 1.29 is 8.42 Å². The average molecular weight is 218 g/mol. The van der Waals surface area contributed by atoms with E-state index >= 15 is 0 Å². The van der Waals surface area contributed by atoms with Crippen molar-refractivity contribution in [1.29, 1.82) is 0 Å². The zero-order valence-electron chi connectivity index (χ0n) is 6.70. The number of sulfone groups is 1. The highest BCUT2D eigenvalue weighted by Gasteiger charge is 2.07. The first-order valence-electron chi connectivity index (χ1n) is 3.44. The molecule has 1 aromatic carbocycles. The zero-order chi connectivity index (χ0) is 9.90. The number of rotatable bonds is 3. The monoisotopic (exact) mass is 217 g/mol. The van der Waals surface area contributed by atoms with Crippen LogP contribution in [0.2, 0.25) is 0 Å². The van der Waals surface area contributed by atoms with Crippen LogP contribution in [0.25, 0.3) is 0 Å². The van der Waals surface area contributed by atoms with Crippen molar-refractivity contribution in [2.75, 3.05) is 4.84 Å². The largest absolute Gasteiger partial charge is 0.299 e. The Labute approximate surface area is 82.1 Å². The molecule has 1 aromatic rings. The third-order valence-electron chi connectivity index (χ3n) is 1.51. The molecule has 0 saturated heterocycles. The van der Waals surface area contributed by atoms with E-state index in [2.05, 4.69) is 11.4 Å². The Balaban J connectivity index is 3.13. The van der Waals surface area contributed by atoms with E-state index in [9.17, 15) is 8.42 Å². The van der Waals surface area contributed by atoms with Gasteiger partial charge in [-0.25, -0.2) is 8.42 Å². The Hall–Kier alpha value is -1.00. The summed E-state index contributed by atoms with van der Waals surface area (Å²) in [6, 6.07) is 6.07. The van der Waals surface area contributed by atoms with Gasteiger partial charge in [-0.2, -0.15) is 0 Å². The van der Waals surface area contributed by atoms with Gasteiger partial charge >= 0.3 is 0 Å². The van der Waals surface area contributed by atoms with Gasteiger partial charge in [0.25, 0.3) is 0 Å². The third kappa shape index (κ3) is 2.23. The van der Waals surface area contributed by atoms with Crippen LogP contribution in [0.3, 0.4) is 0 Å². The molecule has 0 amide bonds. The minimum absolute atomic E-state index is 0.207. The topological polar surface area (TPSA) is 46.2 Å². The van der Waals surface area contributed by atoms with Crippen molar-refractivity contribution in [3.8, 4) is 0 Å². The number of benzene rings is 1. The lowest BCUT2D eigenvalue weighted by molar-refractivity contribution is 0.605. The molecule has 0 aliphatic heterocycles. The fraction of sp³-hybridized carbons (Fsp3) is 0. The van der Waals surface area contributed by atoms with Gasteiger partial charge in [0.2, 0.25) is 0 Å². The molecule has 1 rings (SSSR count). The van der Waals surface area contributed by atoms with Crippen molar-refractivity contribution in [3.05, 3.63) is 36.3 Å². The smallest absolute Gasteiger partial charge is 0.199 e. The highest BCUT2D eigenvalue weighted by Crippen LogP contribution is 2.15. The molecule has 0 aliphatic carbocycles. The number of hydrogen-bond acceptors (Lipinski definition) is 3. The molecule has 0 heterocycles. The van der Waals surface area contributed by atoms with Crippen LogP contribution < -0.4 is 4.84 Å². The molecule has 0 atom stereocenters. The van der Waals surface area contributed by atoms with Gasteiger partial charge in [-0.05, 0) is 24.3 Å². The Bertz CT molecular complexity index is 397. The van der Waals surface area contributed by atoms with E-state index < -0.39 is 9.84 Å². The third-order valence-corrected chi connectivity index (χ3v) is 3.10. The fourth-order valence-electron chi connectivity index (χ4n) is 0.804. The van der Waals surface area contributed by atoms with Crippen LogP contribution in [-0.2, 0) is 9.84 Å². The number of nitrogens with one attached hydrogen (secondary N) is 1. The van der Waals surface area contributed by atoms with E-state index in [-0.39, 0.29) is 4.90 Å². The Morgan fingerprint density at radius 1 is 1.31 bits per heavy atom. The Morgan fingerprint density at radius 2 is 1.85 bits per heavy atom. The second-order valence-corrected chi connectivity index (χ2v) is 4.41. The highest BCUT2D eigenvalue weighted by atomic mass is 35.5. The molecule has 1 N–H and O–H groups in total. The van der Waals surface area contributed by atoms with Crippen LogP contribution in [0.15, 0.2) is 41.1 Å². The van der Waals surface area contributed by atoms with Crippen molar-refractivity contribution in [1.82, 2.24) is 0 Å². The predicted octanol–water partition coefficient (Wildman–Crippen LogP) is 2.17. The molecule has 0 unspecified atom stereocenters. The normalized spacial score (nSPS) is 10.8. The second-order valence-electron chi connectivity index (χ2n) is 2.33. The molecule has 70 valence electrons. The van der Waals surface area contributed by atoms with Crippen LogP contribution in [0.5, 0.6) is 0 Å². The average Bonchev–Trinajstić information content (AvgIpc) is 2.18. The summed E-state index contributed by atoms with van der Waals surface area (Å²) in [6.45, 7) is 3.22. The maximum absolute atomic E-state index is 11.2. The minimum atomic E-state index is -3.33. The molecular weight excluding hydrogens is 210 g/mol. The first kappa shape index (κ1) is 10.1. The standard InChI is InChI=1S/C8H8ClNO2S/c1-2-13(11,12)8-5-3-7(10-9)4-6-8/h2-6,10H,1H2. The number of halogens is 1. The van der Waals surface area contributed by atoms with Gasteiger partial charge < -0.3 is 0 Å². The molecule has 0 radical (unpaired) electrons. The van der Waals surface area contributed by atoms with Gasteiger partial charge in [0.1, 0.15) is 0 Å². The lowest BCUT2D eigenvalue weighted by Crippen LogP contribution is -1.94. The van der Waals surface area contributed by atoms with E-state index in [4.69, 9.17) is 11.8 Å². The van der Waals surface area contributed by atoms with Crippen LogP contribution in [0, 0.1) is 0 Å². The lowest BCUT2D eigenvalue weighted by Gasteiger charge is -2.00. The first-order valence-corrected chi connectivity index (χ1v) is 5.37. The SMILES string of the molecule is C=CS(=O)(=O)c1ccc(NCl)cc1. The summed E-state index contributed by atoms with van der Waals surface area (Å²) in [7, 11) is -3.33. The van der Waals surface area contributed by atoms with Gasteiger partial charge in [-0.1, -0.05) is 6.58 Å². The molecule has 3 nitrogen and oxygen atoms in total. The number of anilines is 1. The van der Waals surface area contributed by atoms with E-state index in [0.717, 1.165) is 5.41 Å². The summed E-state index contributed by atoms with van der Waals surface area (Å²) in [5.41, 5.74) is 0.643. The van der Waals surface area contributed by atoms with Crippen LogP contribution in [0.1, 0.15) is 0 Å². The second kappa shape index (κ2) is 3.81. The first-order chi connectivity index (χ1) is 6.10.